The number of anilines is 1. The molecule has 4 rings (SSSR count). The summed E-state index contributed by atoms with van der Waals surface area (Å²) in [4.78, 5) is 12.9. The number of nitrogens with one attached hydrogen (secondary N) is 1. The molecule has 1 aromatic carbocycles. The van der Waals surface area contributed by atoms with Crippen molar-refractivity contribution < 1.29 is 15.3 Å². The number of nitrogens with zero attached hydrogens (tertiary/aromatic N) is 4. The van der Waals surface area contributed by atoms with Gasteiger partial charge in [-0.3, -0.25) is 0 Å². The number of hydrogen-bond donors (Lipinski definition) is 5. The Hall–Kier alpha value is -2.30. The quantitative estimate of drug-likeness (QED) is 0.364. The van der Waals surface area contributed by atoms with Crippen molar-refractivity contribution >= 4 is 28.6 Å². The molecule has 0 unspecified atom stereocenters. The van der Waals surface area contributed by atoms with Crippen molar-refractivity contribution in [1.29, 1.82) is 0 Å². The van der Waals surface area contributed by atoms with Crippen LogP contribution in [0.15, 0.2) is 36.7 Å². The lowest BCUT2D eigenvalue weighted by atomic mass is 10.1. The first-order valence-electron chi connectivity index (χ1n) is 9.41. The molecular formula is C19H23ClN6O3. The lowest BCUT2D eigenvalue weighted by Gasteiger charge is -2.19. The van der Waals surface area contributed by atoms with Crippen LogP contribution in [0.25, 0.3) is 11.2 Å². The van der Waals surface area contributed by atoms with Crippen LogP contribution in [-0.4, -0.2) is 65.7 Å². The predicted molar refractivity (Wildman–Crippen MR) is 109 cm³/mol. The number of imidazole rings is 1. The van der Waals surface area contributed by atoms with Gasteiger partial charge in [0.25, 0.3) is 0 Å². The summed E-state index contributed by atoms with van der Waals surface area (Å²) in [6.07, 6.45) is 0.451. The van der Waals surface area contributed by atoms with Crippen molar-refractivity contribution in [2.45, 2.75) is 43.2 Å². The van der Waals surface area contributed by atoms with E-state index in [-0.39, 0.29) is 17.9 Å². The topological polar surface area (TPSA) is 142 Å². The second kappa shape index (κ2) is 8.21. The van der Waals surface area contributed by atoms with E-state index in [4.69, 9.17) is 17.3 Å². The lowest BCUT2D eigenvalue weighted by molar-refractivity contribution is 0.0187. The van der Waals surface area contributed by atoms with Gasteiger partial charge >= 0.3 is 0 Å². The minimum Gasteiger partial charge on any atom is -0.394 e. The first-order chi connectivity index (χ1) is 14.0. The molecule has 3 aromatic rings. The number of benzene rings is 1. The van der Waals surface area contributed by atoms with E-state index in [1.54, 1.807) is 4.57 Å². The Kier molecular flexibility index (Phi) is 5.66. The molecule has 0 saturated heterocycles. The van der Waals surface area contributed by atoms with Crippen LogP contribution in [0.1, 0.15) is 18.0 Å². The molecule has 0 amide bonds. The summed E-state index contributed by atoms with van der Waals surface area (Å²) >= 11 is 6.14. The van der Waals surface area contributed by atoms with Gasteiger partial charge in [0.05, 0.1) is 31.1 Å². The molecule has 0 bridgehead atoms. The van der Waals surface area contributed by atoms with Crippen molar-refractivity contribution in [1.82, 2.24) is 19.5 Å². The van der Waals surface area contributed by atoms with E-state index in [2.05, 4.69) is 20.3 Å². The van der Waals surface area contributed by atoms with Gasteiger partial charge in [0, 0.05) is 6.04 Å². The van der Waals surface area contributed by atoms with Gasteiger partial charge in [0.15, 0.2) is 17.0 Å². The van der Waals surface area contributed by atoms with Gasteiger partial charge in [-0.25, -0.2) is 4.98 Å². The summed E-state index contributed by atoms with van der Waals surface area (Å²) in [7, 11) is 0. The Bertz CT molecular complexity index is 985. The maximum Gasteiger partial charge on any atom is 0.226 e. The van der Waals surface area contributed by atoms with Gasteiger partial charge in [-0.15, -0.1) is 0 Å². The molecule has 9 nitrogen and oxygen atoms in total. The Morgan fingerprint density at radius 2 is 1.97 bits per heavy atom. The minimum atomic E-state index is -1.03. The van der Waals surface area contributed by atoms with Gasteiger partial charge in [0.2, 0.25) is 5.28 Å². The van der Waals surface area contributed by atoms with E-state index in [1.807, 2.05) is 30.3 Å². The number of fused-ring (bicyclic) bond motifs is 1. The van der Waals surface area contributed by atoms with Gasteiger partial charge in [-0.2, -0.15) is 9.97 Å². The summed E-state index contributed by atoms with van der Waals surface area (Å²) < 4.78 is 1.67. The molecule has 1 aliphatic carbocycles. The summed E-state index contributed by atoms with van der Waals surface area (Å²) in [6, 6.07) is 8.48. The third-order valence-corrected chi connectivity index (χ3v) is 5.50. The van der Waals surface area contributed by atoms with Crippen LogP contribution in [0.3, 0.4) is 0 Å². The largest absolute Gasteiger partial charge is 0.394 e. The molecule has 154 valence electrons. The fourth-order valence-corrected chi connectivity index (χ4v) is 3.97. The molecule has 10 heteroatoms. The Labute approximate surface area is 172 Å². The van der Waals surface area contributed by atoms with Gasteiger partial charge < -0.3 is 30.9 Å². The first-order valence-corrected chi connectivity index (χ1v) is 9.79. The Morgan fingerprint density at radius 3 is 2.62 bits per heavy atom. The smallest absolute Gasteiger partial charge is 0.226 e. The lowest BCUT2D eigenvalue weighted by Crippen LogP contribution is -2.35. The standard InChI is InChI=1S/C19H23ClN6O3/c20-19-24-17(23-11(8-27)6-10-4-2-1-3-5-10)14-18(25-19)26(9-22-14)13-7-12(21)15(28)16(13)29/h1-5,9,11-13,15-16,27-29H,6-8,21H2,(H,23,24,25)/t11-,12-,13+,15+,16-/m0/s1. The number of rotatable bonds is 6. The zero-order chi connectivity index (χ0) is 20.5. The predicted octanol–water partition coefficient (Wildman–Crippen LogP) is 0.489. The molecule has 6 N–H and O–H groups in total. The van der Waals surface area contributed by atoms with Crippen LogP contribution in [-0.2, 0) is 6.42 Å². The molecule has 1 saturated carbocycles. The van der Waals surface area contributed by atoms with E-state index in [1.165, 1.54) is 6.33 Å². The van der Waals surface area contributed by atoms with Crippen LogP contribution in [0.2, 0.25) is 5.28 Å². The van der Waals surface area contributed by atoms with Crippen molar-refractivity contribution in [2.24, 2.45) is 5.73 Å². The molecule has 5 atom stereocenters. The van der Waals surface area contributed by atoms with Crippen LogP contribution in [0, 0.1) is 0 Å². The van der Waals surface area contributed by atoms with Crippen LogP contribution < -0.4 is 11.1 Å². The number of halogens is 1. The summed E-state index contributed by atoms with van der Waals surface area (Å²) in [5.74, 6) is 0.395. The summed E-state index contributed by atoms with van der Waals surface area (Å²) in [5.41, 5.74) is 7.84. The highest BCUT2D eigenvalue weighted by molar-refractivity contribution is 6.28. The van der Waals surface area contributed by atoms with Crippen molar-refractivity contribution in [3.8, 4) is 0 Å². The molecule has 0 radical (unpaired) electrons. The summed E-state index contributed by atoms with van der Waals surface area (Å²) in [6.45, 7) is -0.110. The molecular weight excluding hydrogens is 396 g/mol. The monoisotopic (exact) mass is 418 g/mol. The van der Waals surface area contributed by atoms with Gasteiger partial charge in [0.1, 0.15) is 6.10 Å². The molecule has 1 fully saturated rings. The maximum absolute atomic E-state index is 10.3. The van der Waals surface area contributed by atoms with E-state index in [9.17, 15) is 15.3 Å². The van der Waals surface area contributed by atoms with E-state index >= 15 is 0 Å². The number of aliphatic hydroxyl groups is 3. The van der Waals surface area contributed by atoms with E-state index < -0.39 is 24.3 Å². The van der Waals surface area contributed by atoms with Crippen molar-refractivity contribution in [3.63, 3.8) is 0 Å². The normalized spacial score (nSPS) is 25.4. The second-order valence-corrected chi connectivity index (χ2v) is 7.67. The van der Waals surface area contributed by atoms with Gasteiger partial charge in [-0.1, -0.05) is 30.3 Å². The fourth-order valence-electron chi connectivity index (χ4n) is 3.80. The molecule has 2 aromatic heterocycles. The molecule has 1 aliphatic rings. The molecule has 2 heterocycles. The number of hydrogen-bond acceptors (Lipinski definition) is 8. The second-order valence-electron chi connectivity index (χ2n) is 7.33. The Morgan fingerprint density at radius 1 is 1.21 bits per heavy atom. The van der Waals surface area contributed by atoms with Crippen molar-refractivity contribution in [3.05, 3.63) is 47.5 Å². The third kappa shape index (κ3) is 3.92. The van der Waals surface area contributed by atoms with Crippen LogP contribution in [0.4, 0.5) is 5.82 Å². The molecule has 0 spiro atoms. The highest BCUT2D eigenvalue weighted by Crippen LogP contribution is 2.33. The number of nitrogens with two attached hydrogens (primary N) is 1. The van der Waals surface area contributed by atoms with Gasteiger partial charge in [-0.05, 0) is 30.0 Å². The highest BCUT2D eigenvalue weighted by atomic mass is 35.5. The molecule has 29 heavy (non-hydrogen) atoms. The highest BCUT2D eigenvalue weighted by Gasteiger charge is 2.41. The summed E-state index contributed by atoms with van der Waals surface area (Å²) in [5, 5.41) is 33.4. The van der Waals surface area contributed by atoms with E-state index in [0.29, 0.717) is 29.8 Å². The zero-order valence-electron chi connectivity index (χ0n) is 15.6. The average Bonchev–Trinajstić information content (AvgIpc) is 3.24. The minimum absolute atomic E-state index is 0.00971. The molecule has 0 aliphatic heterocycles. The van der Waals surface area contributed by atoms with Crippen molar-refractivity contribution in [2.75, 3.05) is 11.9 Å². The maximum atomic E-state index is 10.3. The van der Waals surface area contributed by atoms with Crippen LogP contribution in [0.5, 0.6) is 0 Å². The third-order valence-electron chi connectivity index (χ3n) is 5.33. The Balaban J connectivity index is 1.64. The number of aliphatic hydroxyl groups excluding tert-OH is 3. The number of aromatic nitrogens is 4. The average molecular weight is 419 g/mol. The zero-order valence-corrected chi connectivity index (χ0v) is 16.3. The SMILES string of the molecule is N[C@H]1C[C@@H](n2cnc3c(N[C@H](CO)Cc4ccccc4)nc(Cl)nc32)[C@H](O)[C@@H]1O. The first kappa shape index (κ1) is 20.0. The van der Waals surface area contributed by atoms with E-state index in [0.717, 1.165) is 5.56 Å². The fraction of sp³-hybridized carbons (Fsp3) is 0.421. The van der Waals surface area contributed by atoms with Crippen LogP contribution >= 0.6 is 11.6 Å².